The number of hydrogen-bond donors (Lipinski definition) is 1. The van der Waals surface area contributed by atoms with Crippen molar-refractivity contribution in [3.05, 3.63) is 73.3 Å². The Morgan fingerprint density at radius 2 is 2.03 bits per heavy atom. The van der Waals surface area contributed by atoms with Gasteiger partial charge in [0, 0.05) is 28.6 Å². The number of nitrogens with one attached hydrogen (secondary N) is 1. The Kier molecular flexibility index (Phi) is 6.07. The second kappa shape index (κ2) is 9.11. The van der Waals surface area contributed by atoms with E-state index in [0.717, 1.165) is 36.1 Å². The van der Waals surface area contributed by atoms with E-state index in [9.17, 15) is 25.4 Å². The number of thiophene rings is 1. The van der Waals surface area contributed by atoms with Crippen LogP contribution in [-0.4, -0.2) is 10.8 Å². The number of amides is 1. The molecule has 0 saturated carbocycles. The highest BCUT2D eigenvalue weighted by Crippen LogP contribution is 2.38. The van der Waals surface area contributed by atoms with E-state index in [2.05, 4.69) is 11.4 Å². The molecule has 1 amide bonds. The lowest BCUT2D eigenvalue weighted by Gasteiger charge is -2.09. The van der Waals surface area contributed by atoms with Gasteiger partial charge >= 0.3 is 0 Å². The monoisotopic (exact) mass is 458 g/mol. The molecule has 33 heavy (non-hydrogen) atoms. The van der Waals surface area contributed by atoms with Crippen LogP contribution in [0.5, 0.6) is 0 Å². The Morgan fingerprint density at radius 3 is 2.73 bits per heavy atom. The van der Waals surface area contributed by atoms with Gasteiger partial charge in [-0.05, 0) is 61.9 Å². The number of hydrogen-bond acceptors (Lipinski definition) is 7. The first-order chi connectivity index (χ1) is 15.9. The quantitative estimate of drug-likeness (QED) is 0.232. The molecule has 1 aliphatic carbocycles. The minimum Gasteiger partial charge on any atom is -0.457 e. The zero-order valence-electron chi connectivity index (χ0n) is 17.7. The van der Waals surface area contributed by atoms with E-state index in [4.69, 9.17) is 4.42 Å². The summed E-state index contributed by atoms with van der Waals surface area (Å²) in [5.74, 6) is 0.140. The number of nitrogens with zero attached hydrogens (tertiary/aromatic N) is 3. The first-order valence-electron chi connectivity index (χ1n) is 10.2. The normalized spacial score (nSPS) is 13.0. The fraction of sp³-hybridized carbons (Fsp3) is 0.208. The average Bonchev–Trinajstić information content (AvgIpc) is 3.40. The number of nitro benzene ring substituents is 1. The second-order valence-corrected chi connectivity index (χ2v) is 8.71. The predicted molar refractivity (Wildman–Crippen MR) is 123 cm³/mol. The van der Waals surface area contributed by atoms with Crippen molar-refractivity contribution in [3.8, 4) is 23.5 Å². The zero-order valence-corrected chi connectivity index (χ0v) is 18.5. The van der Waals surface area contributed by atoms with Crippen molar-refractivity contribution in [1.29, 1.82) is 10.5 Å². The molecule has 0 unspecified atom stereocenters. The van der Waals surface area contributed by atoms with Gasteiger partial charge in [0.15, 0.2) is 0 Å². The maximum Gasteiger partial charge on any atom is 0.269 e. The van der Waals surface area contributed by atoms with E-state index in [0.29, 0.717) is 33.2 Å². The molecular weight excluding hydrogens is 440 g/mol. The molecule has 4 rings (SSSR count). The van der Waals surface area contributed by atoms with Gasteiger partial charge in [-0.15, -0.1) is 11.3 Å². The summed E-state index contributed by atoms with van der Waals surface area (Å²) in [6.45, 7) is 1.74. The molecule has 9 heteroatoms. The van der Waals surface area contributed by atoms with Crippen molar-refractivity contribution < 1.29 is 14.1 Å². The zero-order chi connectivity index (χ0) is 23.5. The highest BCUT2D eigenvalue weighted by atomic mass is 32.1. The number of aryl methyl sites for hydroxylation is 2. The van der Waals surface area contributed by atoms with Gasteiger partial charge in [0.1, 0.15) is 34.2 Å². The van der Waals surface area contributed by atoms with Crippen molar-refractivity contribution in [1.82, 2.24) is 0 Å². The fourth-order valence-corrected chi connectivity index (χ4v) is 5.08. The Balaban J connectivity index is 1.57. The molecule has 2 aromatic heterocycles. The Labute approximate surface area is 193 Å². The molecule has 0 spiro atoms. The van der Waals surface area contributed by atoms with Crippen LogP contribution in [0.1, 0.15) is 40.2 Å². The number of nitriles is 2. The minimum absolute atomic E-state index is 0.0154. The highest BCUT2D eigenvalue weighted by molar-refractivity contribution is 7.16. The van der Waals surface area contributed by atoms with Crippen LogP contribution in [0.3, 0.4) is 0 Å². The topological polar surface area (TPSA) is 133 Å². The van der Waals surface area contributed by atoms with Gasteiger partial charge in [-0.1, -0.05) is 0 Å². The summed E-state index contributed by atoms with van der Waals surface area (Å²) < 4.78 is 5.77. The summed E-state index contributed by atoms with van der Waals surface area (Å²) >= 11 is 1.39. The second-order valence-electron chi connectivity index (χ2n) is 7.61. The first kappa shape index (κ1) is 22.0. The molecule has 164 valence electrons. The number of furan rings is 1. The highest BCUT2D eigenvalue weighted by Gasteiger charge is 2.23. The van der Waals surface area contributed by atoms with E-state index >= 15 is 0 Å². The molecule has 2 heterocycles. The molecule has 0 aliphatic heterocycles. The van der Waals surface area contributed by atoms with E-state index in [1.54, 1.807) is 25.1 Å². The third kappa shape index (κ3) is 4.40. The maximum atomic E-state index is 12.8. The first-order valence-corrected chi connectivity index (χ1v) is 11.1. The van der Waals surface area contributed by atoms with E-state index in [1.165, 1.54) is 29.5 Å². The van der Waals surface area contributed by atoms with Crippen molar-refractivity contribution in [2.24, 2.45) is 0 Å². The van der Waals surface area contributed by atoms with Crippen LogP contribution in [0.4, 0.5) is 10.7 Å². The summed E-state index contributed by atoms with van der Waals surface area (Å²) in [6.07, 6.45) is 5.12. The molecule has 0 radical (unpaired) electrons. The number of anilines is 1. The van der Waals surface area contributed by atoms with Gasteiger partial charge in [0.25, 0.3) is 11.6 Å². The number of nitro groups is 1. The van der Waals surface area contributed by atoms with E-state index in [1.807, 2.05) is 6.07 Å². The lowest BCUT2D eigenvalue weighted by Crippen LogP contribution is -2.13. The molecule has 3 aromatic rings. The molecule has 8 nitrogen and oxygen atoms in total. The fourth-order valence-electron chi connectivity index (χ4n) is 3.85. The molecule has 0 saturated heterocycles. The van der Waals surface area contributed by atoms with Crippen molar-refractivity contribution in [3.63, 3.8) is 0 Å². The number of rotatable bonds is 5. The summed E-state index contributed by atoms with van der Waals surface area (Å²) in [5.41, 5.74) is 2.64. The van der Waals surface area contributed by atoms with Gasteiger partial charge in [-0.3, -0.25) is 14.9 Å². The summed E-state index contributed by atoms with van der Waals surface area (Å²) in [7, 11) is 0. The predicted octanol–water partition coefficient (Wildman–Crippen LogP) is 5.52. The third-order valence-electron chi connectivity index (χ3n) is 5.47. The minimum atomic E-state index is -0.614. The summed E-state index contributed by atoms with van der Waals surface area (Å²) in [6, 6.07) is 11.8. The third-order valence-corrected chi connectivity index (χ3v) is 6.68. The Bertz CT molecular complexity index is 1380. The average molecular weight is 458 g/mol. The van der Waals surface area contributed by atoms with Gasteiger partial charge in [0.2, 0.25) is 0 Å². The van der Waals surface area contributed by atoms with Gasteiger partial charge in [0.05, 0.1) is 10.5 Å². The van der Waals surface area contributed by atoms with Gasteiger partial charge in [-0.25, -0.2) is 0 Å². The molecule has 0 fully saturated rings. The maximum absolute atomic E-state index is 12.8. The van der Waals surface area contributed by atoms with Crippen LogP contribution in [0.2, 0.25) is 0 Å². The molecular formula is C24H18N4O4S. The van der Waals surface area contributed by atoms with Gasteiger partial charge < -0.3 is 9.73 Å². The molecule has 0 bridgehead atoms. The van der Waals surface area contributed by atoms with Crippen LogP contribution in [0, 0.1) is 39.7 Å². The SMILES string of the molecule is Cc1cc([N+](=O)[O-])ccc1-c1ccc(/C=C(\C#N)C(=O)Nc2sc3c(c2C#N)CCCC3)o1. The Hall–Kier alpha value is -4.21. The van der Waals surface area contributed by atoms with Crippen LogP contribution < -0.4 is 5.32 Å². The number of benzene rings is 1. The van der Waals surface area contributed by atoms with Crippen LogP contribution in [0.25, 0.3) is 17.4 Å². The van der Waals surface area contributed by atoms with Crippen molar-refractivity contribution in [2.45, 2.75) is 32.6 Å². The smallest absolute Gasteiger partial charge is 0.269 e. The number of non-ortho nitro benzene ring substituents is 1. The number of fused-ring (bicyclic) bond motifs is 1. The largest absolute Gasteiger partial charge is 0.457 e. The number of carbonyl (C=O) groups excluding carboxylic acids is 1. The standard InChI is InChI=1S/C24H18N4O4S/c1-14-10-16(28(30)31)6-8-18(14)21-9-7-17(32-21)11-15(12-25)23(29)27-24-20(13-26)19-4-2-3-5-22(19)33-24/h6-11H,2-5H2,1H3,(H,27,29)/b15-11+. The van der Waals surface area contributed by atoms with Crippen molar-refractivity contribution >= 4 is 34.0 Å². The summed E-state index contributed by atoms with van der Waals surface area (Å²) in [5, 5.41) is 33.2. The molecule has 0 atom stereocenters. The van der Waals surface area contributed by atoms with Crippen LogP contribution in [-0.2, 0) is 17.6 Å². The molecule has 1 N–H and O–H groups in total. The number of carbonyl (C=O) groups is 1. The lowest BCUT2D eigenvalue weighted by molar-refractivity contribution is -0.384. The van der Waals surface area contributed by atoms with E-state index < -0.39 is 10.8 Å². The van der Waals surface area contributed by atoms with Crippen molar-refractivity contribution in [2.75, 3.05) is 5.32 Å². The Morgan fingerprint density at radius 1 is 1.24 bits per heavy atom. The van der Waals surface area contributed by atoms with Crippen LogP contribution >= 0.6 is 11.3 Å². The van der Waals surface area contributed by atoms with E-state index in [-0.39, 0.29) is 11.3 Å². The molecule has 1 aromatic carbocycles. The van der Waals surface area contributed by atoms with Gasteiger partial charge in [-0.2, -0.15) is 10.5 Å². The summed E-state index contributed by atoms with van der Waals surface area (Å²) in [4.78, 5) is 24.3. The lowest BCUT2D eigenvalue weighted by atomic mass is 9.96. The molecule has 1 aliphatic rings. The van der Waals surface area contributed by atoms with Crippen LogP contribution in [0.15, 0.2) is 40.3 Å².